The van der Waals surface area contributed by atoms with E-state index in [9.17, 15) is 0 Å². The molecular weight excluding hydrogens is 182 g/mol. The topological polar surface area (TPSA) is 23.8 Å². The zero-order valence-corrected chi connectivity index (χ0v) is 8.40. The molecule has 2 aliphatic rings. The van der Waals surface area contributed by atoms with Crippen molar-refractivity contribution in [2.24, 2.45) is 0 Å². The quantitative estimate of drug-likeness (QED) is 0.578. The van der Waals surface area contributed by atoms with Crippen molar-refractivity contribution in [3.63, 3.8) is 0 Å². The Kier molecular flexibility index (Phi) is 2.51. The van der Waals surface area contributed by atoms with Crippen molar-refractivity contribution in [1.82, 2.24) is 0 Å². The fourth-order valence-corrected chi connectivity index (χ4v) is 1.65. The van der Waals surface area contributed by atoms with Crippen molar-refractivity contribution in [3.05, 3.63) is 71.4 Å². The van der Waals surface area contributed by atoms with Gasteiger partial charge < -0.3 is 0 Å². The summed E-state index contributed by atoms with van der Waals surface area (Å²) in [6.45, 7) is 3.88. The Morgan fingerprint density at radius 1 is 1.20 bits per heavy atom. The van der Waals surface area contributed by atoms with Gasteiger partial charge in [-0.3, -0.25) is 0 Å². The van der Waals surface area contributed by atoms with E-state index < -0.39 is 0 Å². The van der Waals surface area contributed by atoms with Gasteiger partial charge in [0.2, 0.25) is 0 Å². The Morgan fingerprint density at radius 2 is 2.00 bits per heavy atom. The van der Waals surface area contributed by atoms with Crippen molar-refractivity contribution in [2.45, 2.75) is 6.42 Å². The van der Waals surface area contributed by atoms with Gasteiger partial charge in [-0.1, -0.05) is 43.0 Å². The van der Waals surface area contributed by atoms with Gasteiger partial charge in [-0.25, -0.2) is 0 Å². The number of hydrogen-bond donors (Lipinski definition) is 0. The van der Waals surface area contributed by atoms with Gasteiger partial charge in [0.05, 0.1) is 11.6 Å². The normalized spacial score (nSPS) is 24.7. The van der Waals surface area contributed by atoms with Gasteiger partial charge in [-0.15, -0.1) is 0 Å². The third-order valence-corrected chi connectivity index (χ3v) is 2.42. The predicted molar refractivity (Wildman–Crippen MR) is 61.9 cm³/mol. The van der Waals surface area contributed by atoms with Crippen molar-refractivity contribution in [2.75, 3.05) is 0 Å². The number of fused-ring (bicyclic) bond motifs is 2. The van der Waals surface area contributed by atoms with Gasteiger partial charge >= 0.3 is 0 Å². The lowest BCUT2D eigenvalue weighted by atomic mass is 9.94. The largest absolute Gasteiger partial charge is 0.192 e. The first kappa shape index (κ1) is 9.48. The third kappa shape index (κ3) is 2.05. The first-order valence-electron chi connectivity index (χ1n) is 4.85. The average molecular weight is 193 g/mol. The molecule has 15 heavy (non-hydrogen) atoms. The molecule has 2 rings (SSSR count). The van der Waals surface area contributed by atoms with E-state index in [1.165, 1.54) is 5.57 Å². The van der Waals surface area contributed by atoms with Crippen LogP contribution in [0.15, 0.2) is 71.4 Å². The molecule has 0 radical (unpaired) electrons. The summed E-state index contributed by atoms with van der Waals surface area (Å²) in [6, 6.07) is 2.22. The lowest BCUT2D eigenvalue weighted by Gasteiger charge is -2.09. The zero-order valence-electron chi connectivity index (χ0n) is 8.40. The van der Waals surface area contributed by atoms with Gasteiger partial charge in [-0.05, 0) is 29.2 Å². The third-order valence-electron chi connectivity index (χ3n) is 2.42. The SMILES string of the molecule is C=C1C=C(C#N)C2=CC=C/C(=C/C=C\1)C2. The molecule has 0 aliphatic heterocycles. The maximum atomic E-state index is 9.06. The second-order valence-electron chi connectivity index (χ2n) is 3.57. The van der Waals surface area contributed by atoms with Crippen LogP contribution in [0.5, 0.6) is 0 Å². The van der Waals surface area contributed by atoms with Crippen LogP contribution in [0, 0.1) is 11.3 Å². The molecule has 0 aromatic rings. The van der Waals surface area contributed by atoms with Crippen molar-refractivity contribution < 1.29 is 0 Å². The second kappa shape index (κ2) is 3.98. The van der Waals surface area contributed by atoms with Crippen LogP contribution in [0.25, 0.3) is 0 Å². The van der Waals surface area contributed by atoms with E-state index in [1.54, 1.807) is 0 Å². The van der Waals surface area contributed by atoms with Crippen molar-refractivity contribution >= 4 is 0 Å². The minimum atomic E-state index is 0.710. The predicted octanol–water partition coefficient (Wildman–Crippen LogP) is 3.38. The molecule has 72 valence electrons. The fraction of sp³-hybridized carbons (Fsp3) is 0.0714. The summed E-state index contributed by atoms with van der Waals surface area (Å²) in [7, 11) is 0. The van der Waals surface area contributed by atoms with Crippen LogP contribution in [0.3, 0.4) is 0 Å². The maximum absolute atomic E-state index is 9.06. The highest BCUT2D eigenvalue weighted by Crippen LogP contribution is 2.25. The molecule has 0 amide bonds. The molecule has 0 fully saturated rings. The van der Waals surface area contributed by atoms with E-state index in [0.717, 1.165) is 17.6 Å². The summed E-state index contributed by atoms with van der Waals surface area (Å²) in [5.41, 5.74) is 3.86. The first-order valence-corrected chi connectivity index (χ1v) is 4.85. The molecule has 1 heteroatoms. The Bertz CT molecular complexity index is 488. The molecule has 0 aromatic carbocycles. The molecule has 0 aromatic heterocycles. The highest BCUT2D eigenvalue weighted by Gasteiger charge is 2.09. The summed E-state index contributed by atoms with van der Waals surface area (Å²) in [6.07, 6.45) is 14.6. The number of nitrogens with zero attached hydrogens (tertiary/aromatic N) is 1. The van der Waals surface area contributed by atoms with Crippen LogP contribution in [0.1, 0.15) is 6.42 Å². The second-order valence-corrected chi connectivity index (χ2v) is 3.57. The van der Waals surface area contributed by atoms with Gasteiger partial charge in [0.15, 0.2) is 0 Å². The number of allylic oxidation sites excluding steroid dienone is 11. The number of rotatable bonds is 0. The molecule has 0 heterocycles. The Labute approximate surface area is 89.7 Å². The molecule has 0 unspecified atom stereocenters. The highest BCUT2D eigenvalue weighted by molar-refractivity contribution is 5.54. The highest BCUT2D eigenvalue weighted by atomic mass is 14.3. The van der Waals surface area contributed by atoms with Crippen LogP contribution >= 0.6 is 0 Å². The number of nitriles is 1. The molecular formula is C14H11N. The summed E-state index contributed by atoms with van der Waals surface area (Å²) in [5.74, 6) is 0. The lowest BCUT2D eigenvalue weighted by Crippen LogP contribution is -1.93. The summed E-state index contributed by atoms with van der Waals surface area (Å²) in [5, 5.41) is 9.06. The maximum Gasteiger partial charge on any atom is 0.0994 e. The van der Waals surface area contributed by atoms with E-state index in [4.69, 9.17) is 5.26 Å². The van der Waals surface area contributed by atoms with E-state index >= 15 is 0 Å². The van der Waals surface area contributed by atoms with Crippen molar-refractivity contribution in [3.8, 4) is 6.07 Å². The van der Waals surface area contributed by atoms with E-state index in [2.05, 4.69) is 24.8 Å². The van der Waals surface area contributed by atoms with Gasteiger partial charge in [0.1, 0.15) is 0 Å². The molecule has 2 aliphatic carbocycles. The van der Waals surface area contributed by atoms with Crippen LogP contribution in [-0.4, -0.2) is 0 Å². The first-order chi connectivity index (χ1) is 7.29. The number of hydrogen-bond acceptors (Lipinski definition) is 1. The average Bonchev–Trinajstić information content (AvgIpc) is 2.30. The van der Waals surface area contributed by atoms with E-state index in [0.29, 0.717) is 5.57 Å². The molecule has 0 spiro atoms. The van der Waals surface area contributed by atoms with Gasteiger partial charge in [0.25, 0.3) is 0 Å². The van der Waals surface area contributed by atoms with Gasteiger partial charge in [-0.2, -0.15) is 5.26 Å². The molecule has 0 saturated heterocycles. The van der Waals surface area contributed by atoms with Crippen LogP contribution < -0.4 is 0 Å². The van der Waals surface area contributed by atoms with Crippen LogP contribution in [0.2, 0.25) is 0 Å². The Hall–Kier alpha value is -2.07. The van der Waals surface area contributed by atoms with E-state index in [1.807, 2.05) is 30.4 Å². The zero-order chi connectivity index (χ0) is 10.7. The van der Waals surface area contributed by atoms with Crippen molar-refractivity contribution in [1.29, 1.82) is 5.26 Å². The minimum Gasteiger partial charge on any atom is -0.192 e. The monoisotopic (exact) mass is 193 g/mol. The standard InChI is InChI=1S/C14H11N/c1-11-4-2-5-12-6-3-7-13(9-12)14(8-11)10-15/h2-8H,1,9H2/b4-2-,12-5-,14-8?. The Morgan fingerprint density at radius 3 is 2.80 bits per heavy atom. The summed E-state index contributed by atoms with van der Waals surface area (Å²) >= 11 is 0. The smallest absolute Gasteiger partial charge is 0.0994 e. The molecule has 2 bridgehead atoms. The fourth-order valence-electron chi connectivity index (χ4n) is 1.65. The Balaban J connectivity index is 2.53. The molecule has 0 N–H and O–H groups in total. The molecule has 1 nitrogen and oxygen atoms in total. The summed E-state index contributed by atoms with van der Waals surface area (Å²) in [4.78, 5) is 0. The van der Waals surface area contributed by atoms with Crippen LogP contribution in [0.4, 0.5) is 0 Å². The van der Waals surface area contributed by atoms with Gasteiger partial charge in [0, 0.05) is 0 Å². The van der Waals surface area contributed by atoms with E-state index in [-0.39, 0.29) is 0 Å². The summed E-state index contributed by atoms with van der Waals surface area (Å²) < 4.78 is 0. The lowest BCUT2D eigenvalue weighted by molar-refractivity contribution is 1.16. The van der Waals surface area contributed by atoms with Crippen LogP contribution in [-0.2, 0) is 0 Å². The molecule has 0 saturated carbocycles. The molecule has 0 atom stereocenters. The minimum absolute atomic E-state index is 0.710.